The number of carboxylic acids is 1. The summed E-state index contributed by atoms with van der Waals surface area (Å²) < 4.78 is 52.1. The first-order chi connectivity index (χ1) is 8.24. The Labute approximate surface area is 98.2 Å². The fraction of sp³-hybridized carbons (Fsp3) is 0.333. The average molecular weight is 268 g/mol. The van der Waals surface area contributed by atoms with Gasteiger partial charge in [0.05, 0.1) is 24.0 Å². The molecule has 18 heavy (non-hydrogen) atoms. The van der Waals surface area contributed by atoms with Gasteiger partial charge in [0.1, 0.15) is 6.67 Å². The van der Waals surface area contributed by atoms with E-state index in [-0.39, 0.29) is 11.3 Å². The number of nitrogens with two attached hydrogens (primary N) is 1. The number of carbonyl (C=O) groups is 1. The zero-order chi connectivity index (χ0) is 13.9. The predicted molar refractivity (Wildman–Crippen MR) is 51.5 cm³/mol. The van der Waals surface area contributed by atoms with Gasteiger partial charge in [-0.2, -0.15) is 0 Å². The lowest BCUT2D eigenvalue weighted by molar-refractivity contribution is -0.274. The van der Waals surface area contributed by atoms with Crippen LogP contribution in [0.5, 0.6) is 5.75 Å². The molecule has 1 rings (SSSR count). The van der Waals surface area contributed by atoms with Crippen LogP contribution >= 0.6 is 0 Å². The van der Waals surface area contributed by atoms with Crippen molar-refractivity contribution in [2.45, 2.75) is 19.5 Å². The second-order valence-corrected chi connectivity index (χ2v) is 3.21. The van der Waals surface area contributed by atoms with Crippen molar-refractivity contribution < 1.29 is 32.2 Å². The summed E-state index contributed by atoms with van der Waals surface area (Å²) in [7, 11) is 0. The second kappa shape index (κ2) is 5.07. The fourth-order valence-electron chi connectivity index (χ4n) is 1.26. The largest absolute Gasteiger partial charge is 0.573 e. The molecule has 0 aromatic carbocycles. The van der Waals surface area contributed by atoms with Crippen molar-refractivity contribution in [3.8, 4) is 5.75 Å². The van der Waals surface area contributed by atoms with Gasteiger partial charge in [0, 0.05) is 5.56 Å². The number of rotatable bonds is 4. The third-order valence-corrected chi connectivity index (χ3v) is 1.96. The Morgan fingerprint density at radius 2 is 2.11 bits per heavy atom. The number of nitrogen functional groups attached to an aromatic ring is 1. The molecule has 0 unspecified atom stereocenters. The van der Waals surface area contributed by atoms with Crippen molar-refractivity contribution in [2.75, 3.05) is 5.73 Å². The monoisotopic (exact) mass is 268 g/mol. The van der Waals surface area contributed by atoms with Crippen molar-refractivity contribution in [2.24, 2.45) is 0 Å². The summed E-state index contributed by atoms with van der Waals surface area (Å²) in [6.45, 7) is -1.14. The molecule has 1 heterocycles. The summed E-state index contributed by atoms with van der Waals surface area (Å²) in [6, 6.07) is 0. The Bertz CT molecular complexity index is 462. The van der Waals surface area contributed by atoms with Crippen LogP contribution in [0, 0.1) is 0 Å². The molecule has 0 aliphatic carbocycles. The lowest BCUT2D eigenvalue weighted by Gasteiger charge is -2.14. The average Bonchev–Trinajstić information content (AvgIpc) is 2.22. The molecular weight excluding hydrogens is 260 g/mol. The highest BCUT2D eigenvalue weighted by atomic mass is 19.4. The maximum atomic E-state index is 12.5. The molecule has 0 saturated carbocycles. The molecule has 1 aromatic rings. The van der Waals surface area contributed by atoms with Crippen LogP contribution in [0.1, 0.15) is 11.3 Å². The van der Waals surface area contributed by atoms with Gasteiger partial charge in [0.2, 0.25) is 0 Å². The highest BCUT2D eigenvalue weighted by Crippen LogP contribution is 2.31. The predicted octanol–water partition coefficient (Wildman–Crippen LogP) is 1.66. The number of carboxylic acid groups (broad SMARTS) is 1. The van der Waals surface area contributed by atoms with Gasteiger partial charge in [-0.1, -0.05) is 0 Å². The molecular formula is C9H8F4N2O3. The SMILES string of the molecule is Nc1c(OC(F)(F)F)cnc(CF)c1CC(=O)O. The summed E-state index contributed by atoms with van der Waals surface area (Å²) in [5, 5.41) is 8.57. The second-order valence-electron chi connectivity index (χ2n) is 3.21. The maximum Gasteiger partial charge on any atom is 0.573 e. The zero-order valence-corrected chi connectivity index (χ0v) is 8.79. The highest BCUT2D eigenvalue weighted by molar-refractivity contribution is 5.75. The van der Waals surface area contributed by atoms with E-state index in [4.69, 9.17) is 10.8 Å². The van der Waals surface area contributed by atoms with E-state index in [0.29, 0.717) is 6.20 Å². The molecule has 0 amide bonds. The number of nitrogens with zero attached hydrogens (tertiary/aromatic N) is 1. The van der Waals surface area contributed by atoms with Gasteiger partial charge in [0.25, 0.3) is 0 Å². The lowest BCUT2D eigenvalue weighted by atomic mass is 10.1. The van der Waals surface area contributed by atoms with E-state index in [1.54, 1.807) is 0 Å². The summed E-state index contributed by atoms with van der Waals surface area (Å²) in [5.41, 5.74) is 4.08. The Morgan fingerprint density at radius 3 is 2.56 bits per heavy atom. The van der Waals surface area contributed by atoms with Crippen molar-refractivity contribution in [3.63, 3.8) is 0 Å². The first-order valence-electron chi connectivity index (χ1n) is 4.54. The van der Waals surface area contributed by atoms with Crippen molar-refractivity contribution in [1.29, 1.82) is 0 Å². The summed E-state index contributed by atoms with van der Waals surface area (Å²) in [6.07, 6.45) is -5.14. The van der Waals surface area contributed by atoms with Crippen LogP contribution in [0.25, 0.3) is 0 Å². The van der Waals surface area contributed by atoms with E-state index in [1.807, 2.05) is 0 Å². The number of anilines is 1. The first kappa shape index (κ1) is 14.0. The molecule has 0 saturated heterocycles. The summed E-state index contributed by atoms with van der Waals surface area (Å²) >= 11 is 0. The number of halogens is 4. The molecule has 0 aliphatic heterocycles. The number of aliphatic carboxylic acids is 1. The van der Waals surface area contributed by atoms with Crippen molar-refractivity contribution in [1.82, 2.24) is 4.98 Å². The van der Waals surface area contributed by atoms with Gasteiger partial charge in [-0.25, -0.2) is 4.39 Å². The number of hydrogen-bond donors (Lipinski definition) is 2. The summed E-state index contributed by atoms with van der Waals surface area (Å²) in [4.78, 5) is 13.9. The van der Waals surface area contributed by atoms with Crippen LogP contribution in [-0.2, 0) is 17.9 Å². The molecule has 0 bridgehead atoms. The van der Waals surface area contributed by atoms with Gasteiger partial charge in [-0.05, 0) is 0 Å². The third kappa shape index (κ3) is 3.47. The van der Waals surface area contributed by atoms with E-state index in [9.17, 15) is 22.4 Å². The fourth-order valence-corrected chi connectivity index (χ4v) is 1.26. The molecule has 5 nitrogen and oxygen atoms in total. The minimum Gasteiger partial charge on any atom is -0.481 e. The van der Waals surface area contributed by atoms with Crippen LogP contribution in [-0.4, -0.2) is 22.4 Å². The van der Waals surface area contributed by atoms with Gasteiger partial charge in [0.15, 0.2) is 5.75 Å². The van der Waals surface area contributed by atoms with E-state index >= 15 is 0 Å². The molecule has 1 aromatic heterocycles. The van der Waals surface area contributed by atoms with E-state index in [0.717, 1.165) is 0 Å². The van der Waals surface area contributed by atoms with Crippen molar-refractivity contribution in [3.05, 3.63) is 17.5 Å². The topological polar surface area (TPSA) is 85.4 Å². The van der Waals surface area contributed by atoms with Gasteiger partial charge in [-0.15, -0.1) is 13.2 Å². The quantitative estimate of drug-likeness (QED) is 0.811. The summed E-state index contributed by atoms with van der Waals surface area (Å²) in [5.74, 6) is -2.22. The smallest absolute Gasteiger partial charge is 0.481 e. The molecule has 3 N–H and O–H groups in total. The van der Waals surface area contributed by atoms with E-state index < -0.39 is 36.9 Å². The normalized spacial score (nSPS) is 11.3. The van der Waals surface area contributed by atoms with Crippen LogP contribution in [0.4, 0.5) is 23.2 Å². The molecule has 0 radical (unpaired) electrons. The standard InChI is InChI=1S/C9H8F4N2O3/c10-2-5-4(1-7(16)17)8(14)6(3-15-5)18-9(11,12)13/h3H,1-2H2,(H2,14,15)(H,16,17). The van der Waals surface area contributed by atoms with E-state index in [2.05, 4.69) is 9.72 Å². The Kier molecular flexibility index (Phi) is 3.94. The Morgan fingerprint density at radius 1 is 1.50 bits per heavy atom. The highest BCUT2D eigenvalue weighted by Gasteiger charge is 2.33. The minimum absolute atomic E-state index is 0.327. The molecule has 0 atom stereocenters. The van der Waals surface area contributed by atoms with Crippen LogP contribution in [0.3, 0.4) is 0 Å². The Balaban J connectivity index is 3.20. The minimum atomic E-state index is -4.99. The molecule has 100 valence electrons. The Hall–Kier alpha value is -2.06. The van der Waals surface area contributed by atoms with Gasteiger partial charge < -0.3 is 15.6 Å². The van der Waals surface area contributed by atoms with E-state index in [1.165, 1.54) is 0 Å². The molecule has 0 aliphatic rings. The number of hydrogen-bond acceptors (Lipinski definition) is 4. The van der Waals surface area contributed by atoms with Gasteiger partial charge in [-0.3, -0.25) is 9.78 Å². The number of pyridine rings is 1. The number of ether oxygens (including phenoxy) is 1. The van der Waals surface area contributed by atoms with Crippen LogP contribution in [0.2, 0.25) is 0 Å². The van der Waals surface area contributed by atoms with Crippen molar-refractivity contribution >= 4 is 11.7 Å². The first-order valence-corrected chi connectivity index (χ1v) is 4.54. The molecule has 0 spiro atoms. The zero-order valence-electron chi connectivity index (χ0n) is 8.79. The maximum absolute atomic E-state index is 12.5. The lowest BCUT2D eigenvalue weighted by Crippen LogP contribution is -2.19. The van der Waals surface area contributed by atoms with Gasteiger partial charge >= 0.3 is 12.3 Å². The number of aromatic nitrogens is 1. The van der Waals surface area contributed by atoms with Crippen LogP contribution in [0.15, 0.2) is 6.20 Å². The third-order valence-electron chi connectivity index (χ3n) is 1.96. The molecule has 9 heteroatoms. The van der Waals surface area contributed by atoms with Crippen LogP contribution < -0.4 is 10.5 Å². The number of alkyl halides is 4. The molecule has 0 fully saturated rings.